The van der Waals surface area contributed by atoms with Crippen LogP contribution in [0.25, 0.3) is 34.4 Å². The highest BCUT2D eigenvalue weighted by Gasteiger charge is 2.45. The summed E-state index contributed by atoms with van der Waals surface area (Å²) < 4.78 is 0. The maximum atomic E-state index is 13.4. The number of hydrogen-bond acceptors (Lipinski definition) is 7. The third kappa shape index (κ3) is 5.99. The summed E-state index contributed by atoms with van der Waals surface area (Å²) in [5.74, 6) is 0.716. The molecule has 10 heteroatoms. The van der Waals surface area contributed by atoms with Crippen LogP contribution in [-0.2, 0) is 9.59 Å². The SMILES string of the molecule is O=C(Nc1ccc2[nH]nc(/C=C/c3ccccc3)c2c1)[C@@H]1CCN(CC(=O)N2C[C@@H]3C[C@H]2CN3c2ccc(-c3ncccn3)cc2)C1. The van der Waals surface area contributed by atoms with Gasteiger partial charge in [-0.2, -0.15) is 5.10 Å². The molecular formula is C37H36N8O2. The number of carbonyl (C=O) groups is 2. The quantitative estimate of drug-likeness (QED) is 0.252. The molecule has 3 atom stereocenters. The Kier molecular flexibility index (Phi) is 7.70. The van der Waals surface area contributed by atoms with Crippen molar-refractivity contribution < 1.29 is 9.59 Å². The van der Waals surface area contributed by atoms with Gasteiger partial charge in [0.15, 0.2) is 5.82 Å². The van der Waals surface area contributed by atoms with E-state index in [1.165, 1.54) is 5.69 Å². The molecule has 3 saturated heterocycles. The van der Waals surface area contributed by atoms with Crippen molar-refractivity contribution in [1.29, 1.82) is 0 Å². The first-order valence-electron chi connectivity index (χ1n) is 16.3. The second-order valence-electron chi connectivity index (χ2n) is 12.7. The first-order chi connectivity index (χ1) is 23.1. The number of hydrogen-bond donors (Lipinski definition) is 2. The van der Waals surface area contributed by atoms with Crippen molar-refractivity contribution in [3.8, 4) is 11.4 Å². The van der Waals surface area contributed by atoms with Crippen molar-refractivity contribution in [1.82, 2.24) is 30.0 Å². The molecule has 236 valence electrons. The molecule has 0 aliphatic carbocycles. The first-order valence-corrected chi connectivity index (χ1v) is 16.3. The minimum atomic E-state index is -0.157. The van der Waals surface area contributed by atoms with Crippen LogP contribution in [0.5, 0.6) is 0 Å². The van der Waals surface area contributed by atoms with E-state index in [2.05, 4.69) is 64.4 Å². The standard InChI is InChI=1S/C37H36N8O2/c46-35(45-23-30-20-31(45)22-44(30)29-11-8-26(9-12-29)36-38-16-4-17-39-36)24-43-18-15-27(21-43)37(47)40-28-10-14-34-32(19-28)33(41-42-34)13-7-25-5-2-1-3-6-25/h1-14,16-17,19,27,30-31H,15,18,20-24H2,(H,40,47)(H,41,42)/b13-7+/t27-,30+,31+/m1/s1. The average molecular weight is 625 g/mol. The van der Waals surface area contributed by atoms with Gasteiger partial charge in [0.25, 0.3) is 0 Å². The molecular weight excluding hydrogens is 588 g/mol. The largest absolute Gasteiger partial charge is 0.365 e. The smallest absolute Gasteiger partial charge is 0.237 e. The number of likely N-dealkylation sites (tertiary alicyclic amines) is 2. The number of nitrogens with one attached hydrogen (secondary N) is 2. The predicted molar refractivity (Wildman–Crippen MR) is 183 cm³/mol. The summed E-state index contributed by atoms with van der Waals surface area (Å²) in [5.41, 5.74) is 5.74. The molecule has 0 spiro atoms. The van der Waals surface area contributed by atoms with E-state index in [9.17, 15) is 9.59 Å². The van der Waals surface area contributed by atoms with Crippen LogP contribution in [0.3, 0.4) is 0 Å². The summed E-state index contributed by atoms with van der Waals surface area (Å²) >= 11 is 0. The number of aromatic nitrogens is 4. The third-order valence-electron chi connectivity index (χ3n) is 9.68. The monoisotopic (exact) mass is 624 g/mol. The number of fused-ring (bicyclic) bond motifs is 3. The zero-order valence-electron chi connectivity index (χ0n) is 26.0. The number of anilines is 2. The molecule has 2 aromatic heterocycles. The highest BCUT2D eigenvalue weighted by Crippen LogP contribution is 2.35. The second-order valence-corrected chi connectivity index (χ2v) is 12.7. The zero-order valence-corrected chi connectivity index (χ0v) is 26.0. The van der Waals surface area contributed by atoms with Gasteiger partial charge in [-0.3, -0.25) is 19.6 Å². The Bertz CT molecular complexity index is 1920. The number of H-pyrrole nitrogens is 1. The number of amides is 2. The van der Waals surface area contributed by atoms with Crippen molar-refractivity contribution >= 4 is 46.2 Å². The summed E-state index contributed by atoms with van der Waals surface area (Å²) in [7, 11) is 0. The highest BCUT2D eigenvalue weighted by molar-refractivity contribution is 5.97. The Morgan fingerprint density at radius 1 is 0.894 bits per heavy atom. The van der Waals surface area contributed by atoms with Gasteiger partial charge < -0.3 is 15.1 Å². The van der Waals surface area contributed by atoms with E-state index in [0.717, 1.165) is 71.7 Å². The fourth-order valence-electron chi connectivity index (χ4n) is 7.23. The number of rotatable bonds is 8. The van der Waals surface area contributed by atoms with Crippen LogP contribution in [0.2, 0.25) is 0 Å². The molecule has 47 heavy (non-hydrogen) atoms. The Morgan fingerprint density at radius 2 is 1.72 bits per heavy atom. The molecule has 2 amide bonds. The lowest BCUT2D eigenvalue weighted by Gasteiger charge is -2.36. The minimum absolute atomic E-state index is 0.00936. The minimum Gasteiger partial charge on any atom is -0.365 e. The lowest BCUT2D eigenvalue weighted by atomic mass is 10.1. The number of benzene rings is 3. The highest BCUT2D eigenvalue weighted by atomic mass is 16.2. The average Bonchev–Trinajstić information content (AvgIpc) is 3.93. The normalized spacial score (nSPS) is 20.9. The van der Waals surface area contributed by atoms with Crippen LogP contribution in [0.15, 0.2) is 91.3 Å². The second kappa shape index (κ2) is 12.4. The lowest BCUT2D eigenvalue weighted by molar-refractivity contribution is -0.133. The third-order valence-corrected chi connectivity index (χ3v) is 9.68. The van der Waals surface area contributed by atoms with Gasteiger partial charge in [0.2, 0.25) is 11.8 Å². The van der Waals surface area contributed by atoms with Crippen molar-refractivity contribution in [3.05, 3.63) is 103 Å². The Balaban J connectivity index is 0.838. The predicted octanol–water partition coefficient (Wildman–Crippen LogP) is 4.94. The molecule has 3 aromatic carbocycles. The topological polar surface area (TPSA) is 110 Å². The van der Waals surface area contributed by atoms with Crippen LogP contribution in [0.1, 0.15) is 24.1 Å². The summed E-state index contributed by atoms with van der Waals surface area (Å²) in [4.78, 5) is 42.0. The van der Waals surface area contributed by atoms with Crippen LogP contribution in [0, 0.1) is 5.92 Å². The molecule has 0 saturated carbocycles. The van der Waals surface area contributed by atoms with Gasteiger partial charge in [0, 0.05) is 60.4 Å². The van der Waals surface area contributed by atoms with E-state index in [4.69, 9.17) is 0 Å². The fourth-order valence-corrected chi connectivity index (χ4v) is 7.23. The summed E-state index contributed by atoms with van der Waals surface area (Å²) in [5, 5.41) is 11.6. The maximum absolute atomic E-state index is 13.4. The molecule has 2 bridgehead atoms. The molecule has 0 unspecified atom stereocenters. The van der Waals surface area contributed by atoms with Gasteiger partial charge in [-0.05, 0) is 79.6 Å². The van der Waals surface area contributed by atoms with E-state index in [1.54, 1.807) is 12.4 Å². The van der Waals surface area contributed by atoms with E-state index in [1.807, 2.05) is 66.7 Å². The maximum Gasteiger partial charge on any atom is 0.237 e. The van der Waals surface area contributed by atoms with Crippen molar-refractivity contribution in [2.75, 3.05) is 42.9 Å². The Hall–Kier alpha value is -5.35. The van der Waals surface area contributed by atoms with Gasteiger partial charge in [-0.1, -0.05) is 36.4 Å². The van der Waals surface area contributed by atoms with Crippen molar-refractivity contribution in [2.45, 2.75) is 24.9 Å². The molecule has 3 fully saturated rings. The molecule has 5 heterocycles. The van der Waals surface area contributed by atoms with E-state index < -0.39 is 0 Å². The number of nitrogens with zero attached hydrogens (tertiary/aromatic N) is 6. The van der Waals surface area contributed by atoms with Crippen LogP contribution < -0.4 is 10.2 Å². The van der Waals surface area contributed by atoms with E-state index >= 15 is 0 Å². The molecule has 2 N–H and O–H groups in total. The molecule has 3 aliphatic rings. The van der Waals surface area contributed by atoms with Gasteiger partial charge in [-0.25, -0.2) is 9.97 Å². The number of piperazine rings is 1. The zero-order chi connectivity index (χ0) is 31.7. The summed E-state index contributed by atoms with van der Waals surface area (Å²) in [6.45, 7) is 3.26. The Labute approximate surface area is 273 Å². The molecule has 10 nitrogen and oxygen atoms in total. The number of aromatic amines is 1. The number of carbonyl (C=O) groups excluding carboxylic acids is 2. The van der Waals surface area contributed by atoms with Gasteiger partial charge in [0.05, 0.1) is 29.7 Å². The lowest BCUT2D eigenvalue weighted by Crippen LogP contribution is -2.51. The van der Waals surface area contributed by atoms with Crippen LogP contribution >= 0.6 is 0 Å². The first kappa shape index (κ1) is 29.1. The van der Waals surface area contributed by atoms with E-state index in [-0.39, 0.29) is 23.8 Å². The molecule has 8 rings (SSSR count). The van der Waals surface area contributed by atoms with Crippen molar-refractivity contribution in [2.24, 2.45) is 5.92 Å². The van der Waals surface area contributed by atoms with Crippen molar-refractivity contribution in [3.63, 3.8) is 0 Å². The van der Waals surface area contributed by atoms with Gasteiger partial charge in [0.1, 0.15) is 0 Å². The molecule has 5 aromatic rings. The molecule has 0 radical (unpaired) electrons. The van der Waals surface area contributed by atoms with Gasteiger partial charge in [-0.15, -0.1) is 0 Å². The van der Waals surface area contributed by atoms with Crippen LogP contribution in [-0.4, -0.2) is 86.6 Å². The van der Waals surface area contributed by atoms with E-state index in [0.29, 0.717) is 19.1 Å². The summed E-state index contributed by atoms with van der Waals surface area (Å²) in [6, 6.07) is 26.6. The summed E-state index contributed by atoms with van der Waals surface area (Å²) in [6.07, 6.45) is 9.24. The van der Waals surface area contributed by atoms with Crippen LogP contribution in [0.4, 0.5) is 11.4 Å². The van der Waals surface area contributed by atoms with Gasteiger partial charge >= 0.3 is 0 Å². The fraction of sp³-hybridized carbons (Fsp3) is 0.270. The molecule has 3 aliphatic heterocycles. The Morgan fingerprint density at radius 3 is 2.51 bits per heavy atom.